The third-order valence-electron chi connectivity index (χ3n) is 4.38. The lowest BCUT2D eigenvalue weighted by Gasteiger charge is -2.34. The van der Waals surface area contributed by atoms with Gasteiger partial charge in [0.2, 0.25) is 0 Å². The smallest absolute Gasteiger partial charge is 0.0624 e. The summed E-state index contributed by atoms with van der Waals surface area (Å²) < 4.78 is 7.13. The molecule has 0 fully saturated rings. The number of nitrogens with one attached hydrogen (secondary N) is 1. The van der Waals surface area contributed by atoms with Crippen LogP contribution in [0, 0.1) is 11.3 Å². The van der Waals surface area contributed by atoms with Crippen molar-refractivity contribution < 1.29 is 4.74 Å². The van der Waals surface area contributed by atoms with E-state index >= 15 is 0 Å². The third kappa shape index (κ3) is 4.60. The molecule has 116 valence electrons. The van der Waals surface area contributed by atoms with E-state index in [1.54, 1.807) is 7.11 Å². The van der Waals surface area contributed by atoms with E-state index in [0.29, 0.717) is 5.92 Å². The van der Waals surface area contributed by atoms with Gasteiger partial charge in [-0.15, -0.1) is 0 Å². The molecule has 0 saturated carbocycles. The van der Waals surface area contributed by atoms with Gasteiger partial charge in [-0.3, -0.25) is 4.68 Å². The summed E-state index contributed by atoms with van der Waals surface area (Å²) in [7, 11) is 3.79. The Kier molecular flexibility index (Phi) is 6.69. The van der Waals surface area contributed by atoms with E-state index in [4.69, 9.17) is 4.74 Å². The van der Waals surface area contributed by atoms with Crippen molar-refractivity contribution in [3.05, 3.63) is 17.5 Å². The molecule has 20 heavy (non-hydrogen) atoms. The molecule has 0 aromatic carbocycles. The molecule has 0 aliphatic carbocycles. The molecule has 1 atom stereocenters. The quantitative estimate of drug-likeness (QED) is 0.707. The van der Waals surface area contributed by atoms with Crippen LogP contribution in [0.5, 0.6) is 0 Å². The maximum absolute atomic E-state index is 5.10. The lowest BCUT2D eigenvalue weighted by molar-refractivity contribution is 0.173. The Bertz CT molecular complexity index is 400. The molecular weight excluding hydrogens is 250 g/mol. The van der Waals surface area contributed by atoms with Gasteiger partial charge >= 0.3 is 0 Å². The second kappa shape index (κ2) is 7.79. The van der Waals surface area contributed by atoms with Gasteiger partial charge in [0.25, 0.3) is 0 Å². The lowest BCUT2D eigenvalue weighted by atomic mass is 9.75. The number of ether oxygens (including phenoxy) is 1. The van der Waals surface area contributed by atoms with E-state index in [1.807, 2.05) is 11.7 Å². The van der Waals surface area contributed by atoms with Crippen molar-refractivity contribution in [2.75, 3.05) is 26.8 Å². The van der Waals surface area contributed by atoms with Crippen molar-refractivity contribution in [3.8, 4) is 0 Å². The van der Waals surface area contributed by atoms with E-state index in [0.717, 1.165) is 32.5 Å². The summed E-state index contributed by atoms with van der Waals surface area (Å²) in [5.74, 6) is 0.609. The number of aromatic nitrogens is 2. The molecule has 0 saturated heterocycles. The number of hydrogen-bond donors (Lipinski definition) is 1. The first-order valence-corrected chi connectivity index (χ1v) is 7.64. The maximum atomic E-state index is 5.10. The molecule has 0 radical (unpaired) electrons. The van der Waals surface area contributed by atoms with Crippen molar-refractivity contribution in [2.24, 2.45) is 18.4 Å². The molecule has 1 unspecified atom stereocenters. The van der Waals surface area contributed by atoms with Crippen molar-refractivity contribution in [2.45, 2.75) is 40.5 Å². The van der Waals surface area contributed by atoms with Crippen LogP contribution in [0.3, 0.4) is 0 Å². The van der Waals surface area contributed by atoms with Gasteiger partial charge in [-0.1, -0.05) is 27.7 Å². The predicted octanol–water partition coefficient (Wildman–Crippen LogP) is 2.42. The first-order valence-electron chi connectivity index (χ1n) is 7.64. The molecule has 1 aromatic rings. The molecule has 0 amide bonds. The summed E-state index contributed by atoms with van der Waals surface area (Å²) in [5, 5.41) is 8.07. The fourth-order valence-corrected chi connectivity index (χ4v) is 2.34. The largest absolute Gasteiger partial charge is 0.383 e. The molecule has 4 nitrogen and oxygen atoms in total. The Morgan fingerprint density at radius 3 is 2.65 bits per heavy atom. The number of hydrogen-bond acceptors (Lipinski definition) is 3. The molecule has 1 aromatic heterocycles. The van der Waals surface area contributed by atoms with Gasteiger partial charge in [0.15, 0.2) is 0 Å². The third-order valence-corrected chi connectivity index (χ3v) is 4.38. The predicted molar refractivity (Wildman–Crippen MR) is 84.0 cm³/mol. The lowest BCUT2D eigenvalue weighted by Crippen LogP contribution is -2.39. The highest BCUT2D eigenvalue weighted by atomic mass is 16.5. The van der Waals surface area contributed by atoms with Gasteiger partial charge in [-0.25, -0.2) is 0 Å². The van der Waals surface area contributed by atoms with Crippen LogP contribution in [0.15, 0.2) is 6.07 Å². The van der Waals surface area contributed by atoms with Gasteiger partial charge in [-0.05, 0) is 30.2 Å². The zero-order valence-electron chi connectivity index (χ0n) is 14.0. The van der Waals surface area contributed by atoms with E-state index in [-0.39, 0.29) is 5.41 Å². The van der Waals surface area contributed by atoms with Crippen LogP contribution >= 0.6 is 0 Å². The highest BCUT2D eigenvalue weighted by Crippen LogP contribution is 2.30. The Balaban J connectivity index is 2.71. The Hall–Kier alpha value is -0.870. The van der Waals surface area contributed by atoms with Gasteiger partial charge in [0, 0.05) is 32.9 Å². The molecule has 4 heteroatoms. The van der Waals surface area contributed by atoms with Crippen LogP contribution in [-0.4, -0.2) is 36.6 Å². The summed E-state index contributed by atoms with van der Waals surface area (Å²) >= 11 is 0. The average molecular weight is 281 g/mol. The van der Waals surface area contributed by atoms with Crippen LogP contribution in [-0.2, 0) is 24.6 Å². The molecule has 0 aliphatic heterocycles. The number of aryl methyl sites for hydroxylation is 2. The Morgan fingerprint density at radius 1 is 1.45 bits per heavy atom. The van der Waals surface area contributed by atoms with E-state index < -0.39 is 0 Å². The second-order valence-electron chi connectivity index (χ2n) is 6.26. The van der Waals surface area contributed by atoms with E-state index in [1.165, 1.54) is 11.4 Å². The molecule has 0 aliphatic rings. The maximum Gasteiger partial charge on any atom is 0.0624 e. The van der Waals surface area contributed by atoms with Crippen LogP contribution < -0.4 is 5.32 Å². The van der Waals surface area contributed by atoms with Crippen LogP contribution in [0.2, 0.25) is 0 Å². The SMILES string of the molecule is CCc1cc(CC(C)(CNCCOC)C(C)C)n(C)n1. The molecule has 1 rings (SSSR count). The summed E-state index contributed by atoms with van der Waals surface area (Å²) in [5.41, 5.74) is 2.74. The molecule has 1 N–H and O–H groups in total. The summed E-state index contributed by atoms with van der Waals surface area (Å²) in [4.78, 5) is 0. The normalized spacial score (nSPS) is 14.8. The zero-order chi connectivity index (χ0) is 15.2. The number of nitrogens with zero attached hydrogens (tertiary/aromatic N) is 2. The minimum Gasteiger partial charge on any atom is -0.383 e. The zero-order valence-corrected chi connectivity index (χ0v) is 14.0. The fraction of sp³-hybridized carbons (Fsp3) is 0.812. The van der Waals surface area contributed by atoms with Crippen LogP contribution in [0.4, 0.5) is 0 Å². The van der Waals surface area contributed by atoms with Crippen molar-refractivity contribution in [3.63, 3.8) is 0 Å². The fourth-order valence-electron chi connectivity index (χ4n) is 2.34. The van der Waals surface area contributed by atoms with E-state index in [9.17, 15) is 0 Å². The van der Waals surface area contributed by atoms with Gasteiger partial charge < -0.3 is 10.1 Å². The monoisotopic (exact) mass is 281 g/mol. The van der Waals surface area contributed by atoms with Crippen molar-refractivity contribution in [1.29, 1.82) is 0 Å². The first-order chi connectivity index (χ1) is 9.42. The minimum atomic E-state index is 0.229. The Morgan fingerprint density at radius 2 is 2.15 bits per heavy atom. The van der Waals surface area contributed by atoms with Crippen molar-refractivity contribution in [1.82, 2.24) is 15.1 Å². The van der Waals surface area contributed by atoms with Gasteiger partial charge in [0.1, 0.15) is 0 Å². The Labute approximate surface area is 123 Å². The molecule has 1 heterocycles. The van der Waals surface area contributed by atoms with Gasteiger partial charge in [-0.2, -0.15) is 5.10 Å². The number of methoxy groups -OCH3 is 1. The highest BCUT2D eigenvalue weighted by Gasteiger charge is 2.29. The molecular formula is C16H31N3O. The standard InChI is InChI=1S/C16H31N3O/c1-7-14-10-15(19(5)18-14)11-16(4,13(2)3)12-17-8-9-20-6/h10,13,17H,7-9,11-12H2,1-6H3. The van der Waals surface area contributed by atoms with Crippen molar-refractivity contribution >= 4 is 0 Å². The molecule has 0 bridgehead atoms. The second-order valence-corrected chi connectivity index (χ2v) is 6.26. The van der Waals surface area contributed by atoms with E-state index in [2.05, 4.69) is 44.2 Å². The topological polar surface area (TPSA) is 39.1 Å². The highest BCUT2D eigenvalue weighted by molar-refractivity contribution is 5.12. The average Bonchev–Trinajstić information content (AvgIpc) is 2.75. The summed E-state index contributed by atoms with van der Waals surface area (Å²) in [6.45, 7) is 11.8. The number of rotatable bonds is 9. The summed E-state index contributed by atoms with van der Waals surface area (Å²) in [6.07, 6.45) is 2.05. The minimum absolute atomic E-state index is 0.229. The molecule has 0 spiro atoms. The van der Waals surface area contributed by atoms with Crippen LogP contribution in [0.25, 0.3) is 0 Å². The van der Waals surface area contributed by atoms with Crippen LogP contribution in [0.1, 0.15) is 39.1 Å². The van der Waals surface area contributed by atoms with Gasteiger partial charge in [0.05, 0.1) is 12.3 Å². The first kappa shape index (κ1) is 17.2. The summed E-state index contributed by atoms with van der Waals surface area (Å²) in [6, 6.07) is 2.25.